The molecule has 0 saturated heterocycles. The van der Waals surface area contributed by atoms with Crippen molar-refractivity contribution in [3.63, 3.8) is 0 Å². The fourth-order valence-electron chi connectivity index (χ4n) is 2.46. The SMILES string of the molecule is O=C(Nc1ccc(NCCc2ccccc2)cc1)c1ccccc1. The Morgan fingerprint density at radius 3 is 1.96 bits per heavy atom. The van der Waals surface area contributed by atoms with Gasteiger partial charge in [-0.15, -0.1) is 0 Å². The number of nitrogens with one attached hydrogen (secondary N) is 2. The van der Waals surface area contributed by atoms with Gasteiger partial charge < -0.3 is 10.6 Å². The normalized spacial score (nSPS) is 10.2. The Morgan fingerprint density at radius 2 is 1.29 bits per heavy atom. The van der Waals surface area contributed by atoms with Crippen molar-refractivity contribution in [1.82, 2.24) is 0 Å². The minimum absolute atomic E-state index is 0.0969. The Morgan fingerprint density at radius 1 is 0.708 bits per heavy atom. The summed E-state index contributed by atoms with van der Waals surface area (Å²) in [5, 5.41) is 6.29. The lowest BCUT2D eigenvalue weighted by Gasteiger charge is -2.09. The van der Waals surface area contributed by atoms with Crippen molar-refractivity contribution >= 4 is 17.3 Å². The van der Waals surface area contributed by atoms with E-state index in [-0.39, 0.29) is 5.91 Å². The van der Waals surface area contributed by atoms with Gasteiger partial charge in [0.15, 0.2) is 0 Å². The summed E-state index contributed by atoms with van der Waals surface area (Å²) >= 11 is 0. The maximum atomic E-state index is 12.1. The number of carbonyl (C=O) groups is 1. The highest BCUT2D eigenvalue weighted by Crippen LogP contribution is 2.15. The van der Waals surface area contributed by atoms with Crippen LogP contribution in [0.2, 0.25) is 0 Å². The average molecular weight is 316 g/mol. The molecule has 0 unspecified atom stereocenters. The zero-order chi connectivity index (χ0) is 16.6. The first-order chi connectivity index (χ1) is 11.8. The second kappa shape index (κ2) is 7.97. The van der Waals surface area contributed by atoms with Gasteiger partial charge in [-0.05, 0) is 48.4 Å². The third-order valence-electron chi connectivity index (χ3n) is 3.76. The molecule has 0 aliphatic rings. The molecule has 3 aromatic carbocycles. The zero-order valence-corrected chi connectivity index (χ0v) is 13.4. The number of amides is 1. The fraction of sp³-hybridized carbons (Fsp3) is 0.0952. The molecule has 0 atom stereocenters. The molecule has 0 fully saturated rings. The van der Waals surface area contributed by atoms with Crippen molar-refractivity contribution in [2.45, 2.75) is 6.42 Å². The molecular weight excluding hydrogens is 296 g/mol. The van der Waals surface area contributed by atoms with Crippen LogP contribution in [-0.2, 0) is 6.42 Å². The summed E-state index contributed by atoms with van der Waals surface area (Å²) in [6.45, 7) is 0.875. The number of hydrogen-bond acceptors (Lipinski definition) is 2. The maximum Gasteiger partial charge on any atom is 0.255 e. The van der Waals surface area contributed by atoms with Crippen LogP contribution in [0.3, 0.4) is 0 Å². The smallest absolute Gasteiger partial charge is 0.255 e. The molecule has 3 heteroatoms. The van der Waals surface area contributed by atoms with Gasteiger partial charge in [0.2, 0.25) is 0 Å². The first-order valence-corrected chi connectivity index (χ1v) is 8.05. The highest BCUT2D eigenvalue weighted by Gasteiger charge is 2.04. The monoisotopic (exact) mass is 316 g/mol. The van der Waals surface area contributed by atoms with E-state index in [1.807, 2.05) is 48.5 Å². The Labute approximate surface area is 142 Å². The topological polar surface area (TPSA) is 41.1 Å². The van der Waals surface area contributed by atoms with E-state index >= 15 is 0 Å². The molecule has 0 aliphatic heterocycles. The van der Waals surface area contributed by atoms with Crippen molar-refractivity contribution in [1.29, 1.82) is 0 Å². The number of carbonyl (C=O) groups excluding carboxylic acids is 1. The van der Waals surface area contributed by atoms with Crippen molar-refractivity contribution in [2.24, 2.45) is 0 Å². The lowest BCUT2D eigenvalue weighted by atomic mass is 10.1. The average Bonchev–Trinajstić information content (AvgIpc) is 2.65. The van der Waals surface area contributed by atoms with E-state index in [1.165, 1.54) is 5.56 Å². The zero-order valence-electron chi connectivity index (χ0n) is 13.4. The molecular formula is C21H20N2O. The summed E-state index contributed by atoms with van der Waals surface area (Å²) in [5.74, 6) is -0.0969. The third kappa shape index (κ3) is 4.46. The molecule has 0 radical (unpaired) electrons. The van der Waals surface area contributed by atoms with E-state index in [9.17, 15) is 4.79 Å². The predicted octanol–water partition coefficient (Wildman–Crippen LogP) is 4.59. The van der Waals surface area contributed by atoms with Crippen molar-refractivity contribution in [2.75, 3.05) is 17.2 Å². The molecule has 3 nitrogen and oxygen atoms in total. The van der Waals surface area contributed by atoms with E-state index in [0.717, 1.165) is 24.3 Å². The molecule has 0 heterocycles. The van der Waals surface area contributed by atoms with Gasteiger partial charge in [-0.3, -0.25) is 4.79 Å². The maximum absolute atomic E-state index is 12.1. The van der Waals surface area contributed by atoms with Gasteiger partial charge in [0, 0.05) is 23.5 Å². The second-order valence-corrected chi connectivity index (χ2v) is 5.56. The van der Waals surface area contributed by atoms with Crippen LogP contribution in [-0.4, -0.2) is 12.5 Å². The molecule has 2 N–H and O–H groups in total. The Kier molecular flexibility index (Phi) is 5.25. The second-order valence-electron chi connectivity index (χ2n) is 5.56. The number of anilines is 2. The fourth-order valence-corrected chi connectivity index (χ4v) is 2.46. The van der Waals surface area contributed by atoms with E-state index in [1.54, 1.807) is 12.1 Å². The molecule has 0 spiro atoms. The Hall–Kier alpha value is -3.07. The molecule has 24 heavy (non-hydrogen) atoms. The molecule has 3 aromatic rings. The van der Waals surface area contributed by atoms with Gasteiger partial charge in [0.25, 0.3) is 5.91 Å². The lowest BCUT2D eigenvalue weighted by molar-refractivity contribution is 0.102. The highest BCUT2D eigenvalue weighted by atomic mass is 16.1. The first-order valence-electron chi connectivity index (χ1n) is 8.05. The van der Waals surface area contributed by atoms with Gasteiger partial charge in [-0.25, -0.2) is 0 Å². The van der Waals surface area contributed by atoms with E-state index in [4.69, 9.17) is 0 Å². The Bertz CT molecular complexity index is 768. The largest absolute Gasteiger partial charge is 0.385 e. The van der Waals surface area contributed by atoms with Gasteiger partial charge >= 0.3 is 0 Å². The molecule has 0 saturated carbocycles. The summed E-state index contributed by atoms with van der Waals surface area (Å²) in [6, 6.07) is 27.4. The number of benzene rings is 3. The quantitative estimate of drug-likeness (QED) is 0.698. The molecule has 0 bridgehead atoms. The molecule has 1 amide bonds. The summed E-state index contributed by atoms with van der Waals surface area (Å²) < 4.78 is 0. The van der Waals surface area contributed by atoms with Crippen molar-refractivity contribution in [3.05, 3.63) is 96.1 Å². The van der Waals surface area contributed by atoms with Crippen LogP contribution in [0.1, 0.15) is 15.9 Å². The first kappa shape index (κ1) is 15.8. The van der Waals surface area contributed by atoms with Crippen LogP contribution in [0, 0.1) is 0 Å². The van der Waals surface area contributed by atoms with Gasteiger partial charge in [0.05, 0.1) is 0 Å². The molecule has 120 valence electrons. The highest BCUT2D eigenvalue weighted by molar-refractivity contribution is 6.04. The van der Waals surface area contributed by atoms with Crippen LogP contribution in [0.25, 0.3) is 0 Å². The molecule has 0 aliphatic carbocycles. The number of hydrogen-bond donors (Lipinski definition) is 2. The predicted molar refractivity (Wildman–Crippen MR) is 99.5 cm³/mol. The van der Waals surface area contributed by atoms with E-state index in [0.29, 0.717) is 5.56 Å². The minimum atomic E-state index is -0.0969. The summed E-state index contributed by atoms with van der Waals surface area (Å²) in [4.78, 5) is 12.1. The lowest BCUT2D eigenvalue weighted by Crippen LogP contribution is -2.11. The molecule has 0 aromatic heterocycles. The van der Waals surface area contributed by atoms with Gasteiger partial charge in [0.1, 0.15) is 0 Å². The summed E-state index contributed by atoms with van der Waals surface area (Å²) in [5.41, 5.74) is 3.81. The van der Waals surface area contributed by atoms with Gasteiger partial charge in [-0.1, -0.05) is 48.5 Å². The number of rotatable bonds is 6. The van der Waals surface area contributed by atoms with Crippen LogP contribution in [0.5, 0.6) is 0 Å². The van der Waals surface area contributed by atoms with Crippen LogP contribution >= 0.6 is 0 Å². The molecule has 3 rings (SSSR count). The standard InChI is InChI=1S/C21H20N2O/c24-21(18-9-5-2-6-10-18)23-20-13-11-19(12-14-20)22-16-15-17-7-3-1-4-8-17/h1-14,22H,15-16H2,(H,23,24). The summed E-state index contributed by atoms with van der Waals surface area (Å²) in [6.07, 6.45) is 0.979. The van der Waals surface area contributed by atoms with Crippen LogP contribution < -0.4 is 10.6 Å². The van der Waals surface area contributed by atoms with Crippen molar-refractivity contribution < 1.29 is 4.79 Å². The van der Waals surface area contributed by atoms with Gasteiger partial charge in [-0.2, -0.15) is 0 Å². The van der Waals surface area contributed by atoms with E-state index < -0.39 is 0 Å². The van der Waals surface area contributed by atoms with Crippen molar-refractivity contribution in [3.8, 4) is 0 Å². The Balaban J connectivity index is 1.51. The van der Waals surface area contributed by atoms with Crippen LogP contribution in [0.4, 0.5) is 11.4 Å². The van der Waals surface area contributed by atoms with E-state index in [2.05, 4.69) is 34.9 Å². The summed E-state index contributed by atoms with van der Waals surface area (Å²) in [7, 11) is 0. The van der Waals surface area contributed by atoms with Crippen LogP contribution in [0.15, 0.2) is 84.9 Å². The minimum Gasteiger partial charge on any atom is -0.385 e. The third-order valence-corrected chi connectivity index (χ3v) is 3.76.